The number of hydrogen-bond donors (Lipinski definition) is 1. The Hall–Kier alpha value is -2.05. The maximum Gasteiger partial charge on any atom is 0.242 e. The first-order valence-electron chi connectivity index (χ1n) is 8.49. The van der Waals surface area contributed by atoms with Crippen LogP contribution in [0.1, 0.15) is 18.1 Å². The standard InChI is InChI=1S/C20H22ClFN2O2S/c1-14(20(26)23-2)24(11-15-7-4-6-10-18(15)22)19(25)13-27-12-16-8-3-5-9-17(16)21/h3-10,14H,11-13H2,1-2H3,(H,23,26)/t14-/m0/s1. The molecule has 0 aliphatic carbocycles. The van der Waals surface area contributed by atoms with Gasteiger partial charge in [0.25, 0.3) is 0 Å². The quantitative estimate of drug-likeness (QED) is 0.721. The van der Waals surface area contributed by atoms with Gasteiger partial charge in [0, 0.05) is 29.9 Å². The van der Waals surface area contributed by atoms with Gasteiger partial charge in [0.05, 0.1) is 5.75 Å². The lowest BCUT2D eigenvalue weighted by Gasteiger charge is -2.28. The fraction of sp³-hybridized carbons (Fsp3) is 0.300. The van der Waals surface area contributed by atoms with Crippen molar-refractivity contribution >= 4 is 35.2 Å². The summed E-state index contributed by atoms with van der Waals surface area (Å²) in [7, 11) is 1.51. The SMILES string of the molecule is CNC(=O)[C@H](C)N(Cc1ccccc1F)C(=O)CSCc1ccccc1Cl. The molecule has 144 valence electrons. The second kappa shape index (κ2) is 10.3. The number of thioether (sulfide) groups is 1. The monoisotopic (exact) mass is 408 g/mol. The predicted molar refractivity (Wildman–Crippen MR) is 108 cm³/mol. The number of nitrogens with one attached hydrogen (secondary N) is 1. The average Bonchev–Trinajstić information content (AvgIpc) is 2.67. The molecule has 2 amide bonds. The van der Waals surface area contributed by atoms with Crippen molar-refractivity contribution in [1.29, 1.82) is 0 Å². The van der Waals surface area contributed by atoms with E-state index in [2.05, 4.69) is 5.32 Å². The number of hydrogen-bond acceptors (Lipinski definition) is 3. The van der Waals surface area contributed by atoms with E-state index in [1.165, 1.54) is 29.8 Å². The van der Waals surface area contributed by atoms with E-state index in [-0.39, 0.29) is 24.1 Å². The van der Waals surface area contributed by atoms with Crippen LogP contribution in [0.4, 0.5) is 4.39 Å². The molecule has 4 nitrogen and oxygen atoms in total. The van der Waals surface area contributed by atoms with Crippen LogP contribution in [0.5, 0.6) is 0 Å². The Morgan fingerprint density at radius 3 is 2.41 bits per heavy atom. The largest absolute Gasteiger partial charge is 0.357 e. The number of nitrogens with zero attached hydrogens (tertiary/aromatic N) is 1. The van der Waals surface area contributed by atoms with Gasteiger partial charge in [-0.05, 0) is 24.6 Å². The van der Waals surface area contributed by atoms with Crippen LogP contribution in [0.3, 0.4) is 0 Å². The van der Waals surface area contributed by atoms with E-state index in [0.717, 1.165) is 5.56 Å². The minimum absolute atomic E-state index is 0.0345. The Bertz CT molecular complexity index is 803. The van der Waals surface area contributed by atoms with Crippen LogP contribution in [0.25, 0.3) is 0 Å². The van der Waals surface area contributed by atoms with Crippen LogP contribution in [0.2, 0.25) is 5.02 Å². The summed E-state index contributed by atoms with van der Waals surface area (Å²) < 4.78 is 14.0. The maximum atomic E-state index is 14.0. The minimum atomic E-state index is -0.706. The summed E-state index contributed by atoms with van der Waals surface area (Å²) in [5.41, 5.74) is 1.31. The molecule has 0 saturated heterocycles. The minimum Gasteiger partial charge on any atom is -0.357 e. The van der Waals surface area contributed by atoms with E-state index < -0.39 is 11.9 Å². The molecular formula is C20H22ClFN2O2S. The molecule has 0 radical (unpaired) electrons. The summed E-state index contributed by atoms with van der Waals surface area (Å²) in [6.45, 7) is 1.67. The van der Waals surface area contributed by atoms with Crippen molar-refractivity contribution in [2.45, 2.75) is 25.3 Å². The summed E-state index contributed by atoms with van der Waals surface area (Å²) in [6, 6.07) is 13.0. The number of benzene rings is 2. The zero-order valence-electron chi connectivity index (χ0n) is 15.2. The van der Waals surface area contributed by atoms with E-state index in [1.807, 2.05) is 18.2 Å². The molecule has 0 spiro atoms. The first-order valence-corrected chi connectivity index (χ1v) is 10.0. The number of carbonyl (C=O) groups is 2. The summed E-state index contributed by atoms with van der Waals surface area (Å²) in [5.74, 6) is -0.181. The van der Waals surface area contributed by atoms with E-state index in [0.29, 0.717) is 16.3 Å². The van der Waals surface area contributed by atoms with E-state index in [9.17, 15) is 14.0 Å². The Labute approximate surface area is 168 Å². The lowest BCUT2D eigenvalue weighted by atomic mass is 10.1. The molecule has 0 aromatic heterocycles. The molecular weight excluding hydrogens is 387 g/mol. The Balaban J connectivity index is 2.07. The molecule has 0 bridgehead atoms. The molecule has 0 fully saturated rings. The van der Waals surface area contributed by atoms with Crippen molar-refractivity contribution in [3.8, 4) is 0 Å². The Morgan fingerprint density at radius 1 is 1.15 bits per heavy atom. The van der Waals surface area contributed by atoms with Gasteiger partial charge in [-0.1, -0.05) is 48.0 Å². The second-order valence-corrected chi connectivity index (χ2v) is 7.38. The highest BCUT2D eigenvalue weighted by molar-refractivity contribution is 7.99. The first kappa shape index (κ1) is 21.3. The van der Waals surface area contributed by atoms with Crippen molar-refractivity contribution in [2.24, 2.45) is 0 Å². The highest BCUT2D eigenvalue weighted by atomic mass is 35.5. The summed E-state index contributed by atoms with van der Waals surface area (Å²) in [6.07, 6.45) is 0. The molecule has 0 aliphatic rings. The number of amides is 2. The van der Waals surface area contributed by atoms with Crippen molar-refractivity contribution in [2.75, 3.05) is 12.8 Å². The third-order valence-corrected chi connectivity index (χ3v) is 5.49. The zero-order valence-corrected chi connectivity index (χ0v) is 16.8. The smallest absolute Gasteiger partial charge is 0.242 e. The first-order chi connectivity index (χ1) is 12.9. The van der Waals surface area contributed by atoms with Crippen molar-refractivity contribution in [3.05, 3.63) is 70.5 Å². The van der Waals surface area contributed by atoms with Gasteiger partial charge in [0.2, 0.25) is 11.8 Å². The number of rotatable bonds is 8. The molecule has 2 rings (SSSR count). The molecule has 2 aromatic rings. The number of halogens is 2. The number of carbonyl (C=O) groups excluding carboxylic acids is 2. The molecule has 0 heterocycles. The van der Waals surface area contributed by atoms with Gasteiger partial charge in [0.15, 0.2) is 0 Å². The normalized spacial score (nSPS) is 11.7. The molecule has 0 saturated carbocycles. The molecule has 2 aromatic carbocycles. The fourth-order valence-electron chi connectivity index (χ4n) is 2.55. The van der Waals surface area contributed by atoms with Crippen LogP contribution in [-0.2, 0) is 21.9 Å². The van der Waals surface area contributed by atoms with Gasteiger partial charge in [-0.2, -0.15) is 0 Å². The van der Waals surface area contributed by atoms with Gasteiger partial charge in [0.1, 0.15) is 11.9 Å². The van der Waals surface area contributed by atoms with Gasteiger partial charge in [-0.25, -0.2) is 4.39 Å². The van der Waals surface area contributed by atoms with Crippen molar-refractivity contribution in [3.63, 3.8) is 0 Å². The third-order valence-electron chi connectivity index (χ3n) is 4.15. The molecule has 1 atom stereocenters. The highest BCUT2D eigenvalue weighted by Gasteiger charge is 2.26. The molecule has 7 heteroatoms. The van der Waals surface area contributed by atoms with Crippen LogP contribution in [0, 0.1) is 5.82 Å². The zero-order chi connectivity index (χ0) is 19.8. The van der Waals surface area contributed by atoms with E-state index in [1.54, 1.807) is 31.2 Å². The summed E-state index contributed by atoms with van der Waals surface area (Å²) >= 11 is 7.54. The van der Waals surface area contributed by atoms with Gasteiger partial charge in [-0.15, -0.1) is 11.8 Å². The highest BCUT2D eigenvalue weighted by Crippen LogP contribution is 2.22. The van der Waals surface area contributed by atoms with Gasteiger partial charge >= 0.3 is 0 Å². The van der Waals surface area contributed by atoms with Crippen molar-refractivity contribution in [1.82, 2.24) is 10.2 Å². The van der Waals surface area contributed by atoms with E-state index >= 15 is 0 Å². The predicted octanol–water partition coefficient (Wildman–Crippen LogP) is 3.88. The Kier molecular flexibility index (Phi) is 8.13. The van der Waals surface area contributed by atoms with Crippen LogP contribution in [0.15, 0.2) is 48.5 Å². The second-order valence-electron chi connectivity index (χ2n) is 5.99. The lowest BCUT2D eigenvalue weighted by Crippen LogP contribution is -2.47. The van der Waals surface area contributed by atoms with E-state index in [4.69, 9.17) is 11.6 Å². The van der Waals surface area contributed by atoms with Crippen LogP contribution in [-0.4, -0.2) is 35.6 Å². The maximum absolute atomic E-state index is 14.0. The third kappa shape index (κ3) is 5.97. The molecule has 1 N–H and O–H groups in total. The van der Waals surface area contributed by atoms with Crippen LogP contribution >= 0.6 is 23.4 Å². The fourth-order valence-corrected chi connectivity index (χ4v) is 3.74. The van der Waals surface area contributed by atoms with Crippen molar-refractivity contribution < 1.29 is 14.0 Å². The molecule has 0 unspecified atom stereocenters. The molecule has 27 heavy (non-hydrogen) atoms. The average molecular weight is 409 g/mol. The summed E-state index contributed by atoms with van der Waals surface area (Å²) in [4.78, 5) is 26.2. The lowest BCUT2D eigenvalue weighted by molar-refractivity contribution is -0.138. The number of likely N-dealkylation sites (N-methyl/N-ethyl adjacent to an activating group) is 1. The van der Waals surface area contributed by atoms with Crippen LogP contribution < -0.4 is 5.32 Å². The van der Waals surface area contributed by atoms with Gasteiger partial charge in [-0.3, -0.25) is 9.59 Å². The topological polar surface area (TPSA) is 49.4 Å². The summed E-state index contributed by atoms with van der Waals surface area (Å²) in [5, 5.41) is 3.19. The Morgan fingerprint density at radius 2 is 1.78 bits per heavy atom. The van der Waals surface area contributed by atoms with Gasteiger partial charge < -0.3 is 10.2 Å². The molecule has 0 aliphatic heterocycles.